The normalized spacial score (nSPS) is 10.5. The van der Waals surface area contributed by atoms with Crippen molar-refractivity contribution in [3.63, 3.8) is 0 Å². The number of carbonyl (C=O) groups is 1. The maximum absolute atomic E-state index is 10.2. The predicted molar refractivity (Wildman–Crippen MR) is 99.5 cm³/mol. The molecule has 0 heterocycles. The minimum absolute atomic E-state index is 0. The summed E-state index contributed by atoms with van der Waals surface area (Å²) in [6.45, 7) is 4.26. The zero-order valence-electron chi connectivity index (χ0n) is 16.5. The summed E-state index contributed by atoms with van der Waals surface area (Å²) in [5.74, 6) is 0.288. The molecule has 0 aromatic heterocycles. The molecule has 0 saturated carbocycles. The van der Waals surface area contributed by atoms with Gasteiger partial charge in [0.05, 0.1) is 0 Å². The van der Waals surface area contributed by atoms with Crippen LogP contribution in [0.1, 0.15) is 104 Å². The number of hydrogen-bond donors (Lipinski definition) is 2. The van der Waals surface area contributed by atoms with Crippen LogP contribution >= 0.6 is 0 Å². The van der Waals surface area contributed by atoms with Crippen LogP contribution < -0.4 is 29.6 Å². The van der Waals surface area contributed by atoms with Crippen LogP contribution in [0.2, 0.25) is 0 Å². The molecule has 25 heavy (non-hydrogen) atoms. The van der Waals surface area contributed by atoms with Crippen LogP contribution in [0.5, 0.6) is 0 Å². The molecule has 5 nitrogen and oxygen atoms in total. The van der Waals surface area contributed by atoms with Crippen molar-refractivity contribution in [1.82, 2.24) is 0 Å². The minimum atomic E-state index is -3.83. The van der Waals surface area contributed by atoms with E-state index in [1.807, 2.05) is 6.92 Å². The Bertz CT molecular complexity index is 372. The molecule has 0 atom stereocenters. The first kappa shape index (κ1) is 30.1. The van der Waals surface area contributed by atoms with Crippen molar-refractivity contribution in [2.75, 3.05) is 0 Å². The van der Waals surface area contributed by atoms with E-state index in [0.29, 0.717) is 12.8 Å². The second-order valence-electron chi connectivity index (χ2n) is 6.15. The molecule has 0 rings (SSSR count). The minimum Gasteiger partial charge on any atom is -0.481 e. The molecule has 0 spiro atoms. The largest absolute Gasteiger partial charge is 1.00 e. The zero-order chi connectivity index (χ0) is 18.7. The predicted octanol–water partition coefficient (Wildman–Crippen LogP) is 2.61. The van der Waals surface area contributed by atoms with Crippen LogP contribution in [0, 0.1) is 5.75 Å². The van der Waals surface area contributed by atoms with Gasteiger partial charge in [0.1, 0.15) is 10.1 Å². The van der Waals surface area contributed by atoms with Crippen molar-refractivity contribution in [2.45, 2.75) is 104 Å². The Balaban J connectivity index is -0.000000392. The molecule has 7 heteroatoms. The van der Waals surface area contributed by atoms with Gasteiger partial charge in [-0.1, -0.05) is 84.5 Å². The fourth-order valence-corrected chi connectivity index (χ4v) is 2.68. The Morgan fingerprint density at radius 3 is 1.60 bits per heavy atom. The fourth-order valence-electron chi connectivity index (χ4n) is 2.21. The van der Waals surface area contributed by atoms with Crippen molar-refractivity contribution in [3.05, 3.63) is 5.75 Å². The molecule has 0 aliphatic carbocycles. The van der Waals surface area contributed by atoms with E-state index in [-0.39, 0.29) is 29.6 Å². The summed E-state index contributed by atoms with van der Waals surface area (Å²) in [5, 5.41) is 8.41. The number of hydrogen-bond acceptors (Lipinski definition) is 3. The van der Waals surface area contributed by atoms with E-state index < -0.39 is 16.1 Å². The van der Waals surface area contributed by atoms with Gasteiger partial charge in [0, 0.05) is 6.42 Å². The van der Waals surface area contributed by atoms with Crippen LogP contribution in [0.25, 0.3) is 0 Å². The summed E-state index contributed by atoms with van der Waals surface area (Å²) in [4.78, 5) is 10.2. The van der Waals surface area contributed by atoms with E-state index in [1.54, 1.807) is 0 Å². The summed E-state index contributed by atoms with van der Waals surface area (Å²) in [7, 11) is -3.83. The molecule has 0 bridgehead atoms. The van der Waals surface area contributed by atoms with Crippen LogP contribution in [0.4, 0.5) is 0 Å². The van der Waals surface area contributed by atoms with Crippen LogP contribution in [-0.4, -0.2) is 24.0 Å². The molecule has 0 aliphatic rings. The number of carboxylic acids is 1. The molecule has 0 fully saturated rings. The van der Waals surface area contributed by atoms with E-state index in [9.17, 15) is 13.2 Å². The van der Waals surface area contributed by atoms with E-state index >= 15 is 0 Å². The monoisotopic (exact) mass is 388 g/mol. The average Bonchev–Trinajstić information content (AvgIpc) is 2.49. The molecule has 0 aromatic rings. The Hall–Kier alpha value is 0.380. The van der Waals surface area contributed by atoms with Gasteiger partial charge in [-0.05, 0) is 6.42 Å². The van der Waals surface area contributed by atoms with E-state index in [4.69, 9.17) is 9.66 Å². The standard InChI is InChI=1S/C12H24O2.C6H13O3S.Na/c1-2-3-4-5-6-7-8-9-10-11-12(13)14;1-2-3-4-5-6-10(7,8)9;/h2-11H2,1H3,(H,13,14);6H,2-5H2,1H3,(H,7,8,9);/q;-1;+1. The van der Waals surface area contributed by atoms with E-state index in [1.165, 1.54) is 44.9 Å². The van der Waals surface area contributed by atoms with Crippen molar-refractivity contribution < 1.29 is 52.4 Å². The molecule has 146 valence electrons. The van der Waals surface area contributed by atoms with E-state index in [2.05, 4.69) is 6.92 Å². The number of rotatable bonds is 15. The first-order valence-corrected chi connectivity index (χ1v) is 10.9. The molecular weight excluding hydrogens is 351 g/mol. The van der Waals surface area contributed by atoms with E-state index in [0.717, 1.165) is 37.9 Å². The van der Waals surface area contributed by atoms with Crippen molar-refractivity contribution >= 4 is 16.1 Å². The Morgan fingerprint density at radius 2 is 1.20 bits per heavy atom. The van der Waals surface area contributed by atoms with Gasteiger partial charge in [-0.25, -0.2) is 8.42 Å². The Labute approximate surface area is 177 Å². The number of aliphatic carboxylic acids is 1. The SMILES string of the molecule is CCCCCCCCCCCC(=O)O.CCCCC[CH-]S(=O)(=O)O.[Na+]. The smallest absolute Gasteiger partial charge is 0.481 e. The maximum Gasteiger partial charge on any atom is 1.00 e. The average molecular weight is 389 g/mol. The summed E-state index contributed by atoms with van der Waals surface area (Å²) in [6.07, 6.45) is 14.8. The Morgan fingerprint density at radius 1 is 0.800 bits per heavy atom. The van der Waals surface area contributed by atoms with Crippen LogP contribution in [0.15, 0.2) is 0 Å². The van der Waals surface area contributed by atoms with Crippen molar-refractivity contribution in [3.8, 4) is 0 Å². The van der Waals surface area contributed by atoms with Gasteiger partial charge in [-0.15, -0.1) is 0 Å². The molecule has 0 unspecified atom stereocenters. The van der Waals surface area contributed by atoms with Gasteiger partial charge in [0.25, 0.3) is 0 Å². The molecule has 0 aliphatic heterocycles. The molecule has 0 saturated heterocycles. The second kappa shape index (κ2) is 22.4. The van der Waals surface area contributed by atoms with Crippen LogP contribution in [0.3, 0.4) is 0 Å². The van der Waals surface area contributed by atoms with Crippen molar-refractivity contribution in [2.24, 2.45) is 0 Å². The van der Waals surface area contributed by atoms with Gasteiger partial charge in [-0.2, -0.15) is 12.2 Å². The fraction of sp³-hybridized carbons (Fsp3) is 0.889. The molecule has 0 amide bonds. The van der Waals surface area contributed by atoms with Crippen molar-refractivity contribution in [1.29, 1.82) is 0 Å². The number of unbranched alkanes of at least 4 members (excludes halogenated alkanes) is 11. The van der Waals surface area contributed by atoms with Gasteiger partial charge in [0.15, 0.2) is 0 Å². The molecular formula is C18H37NaO5S. The summed E-state index contributed by atoms with van der Waals surface area (Å²) in [6, 6.07) is 0. The van der Waals surface area contributed by atoms with Gasteiger partial charge in [0.2, 0.25) is 0 Å². The third-order valence-corrected chi connectivity index (χ3v) is 4.29. The first-order chi connectivity index (χ1) is 11.3. The molecule has 2 N–H and O–H groups in total. The first-order valence-electron chi connectivity index (χ1n) is 9.36. The summed E-state index contributed by atoms with van der Waals surface area (Å²) >= 11 is 0. The van der Waals surface area contributed by atoms with Gasteiger partial charge >= 0.3 is 35.5 Å². The maximum atomic E-state index is 10.2. The number of carboxylic acid groups (broad SMARTS) is 1. The molecule has 0 aromatic carbocycles. The summed E-state index contributed by atoms with van der Waals surface area (Å²) in [5.41, 5.74) is 0. The quantitative estimate of drug-likeness (QED) is 0.195. The molecule has 0 radical (unpaired) electrons. The zero-order valence-corrected chi connectivity index (χ0v) is 19.3. The second-order valence-corrected chi connectivity index (χ2v) is 7.51. The Kier molecular flexibility index (Phi) is 27.0. The topological polar surface area (TPSA) is 91.7 Å². The van der Waals surface area contributed by atoms with Crippen LogP contribution in [-0.2, 0) is 14.9 Å². The van der Waals surface area contributed by atoms with Gasteiger partial charge < -0.3 is 9.66 Å². The third kappa shape index (κ3) is 36.1. The third-order valence-electron chi connectivity index (χ3n) is 3.63. The summed E-state index contributed by atoms with van der Waals surface area (Å²) < 4.78 is 28.4. The van der Waals surface area contributed by atoms with Gasteiger partial charge in [-0.3, -0.25) is 4.79 Å².